The molecule has 0 unspecified atom stereocenters. The van der Waals surface area contributed by atoms with E-state index in [0.29, 0.717) is 0 Å². The number of nitrogens with one attached hydrogen (secondary N) is 1. The Balaban J connectivity index is 2.30. The summed E-state index contributed by atoms with van der Waals surface area (Å²) in [6.45, 7) is 1.26. The number of sulfonamides is 1. The monoisotopic (exact) mass is 317 g/mol. The van der Waals surface area contributed by atoms with E-state index in [1.165, 1.54) is 6.92 Å². The van der Waals surface area contributed by atoms with E-state index in [4.69, 9.17) is 10.2 Å². The van der Waals surface area contributed by atoms with Gasteiger partial charge in [0.1, 0.15) is 5.82 Å². The quantitative estimate of drug-likeness (QED) is 0.723. The van der Waals surface area contributed by atoms with Gasteiger partial charge < -0.3 is 10.2 Å². The largest absolute Gasteiger partial charge is 0.478 e. The lowest BCUT2D eigenvalue weighted by Gasteiger charge is -2.14. The first-order valence-electron chi connectivity index (χ1n) is 6.35. The van der Waals surface area contributed by atoms with Crippen molar-refractivity contribution in [2.24, 2.45) is 5.41 Å². The summed E-state index contributed by atoms with van der Waals surface area (Å²) in [6.07, 6.45) is 1.46. The van der Waals surface area contributed by atoms with Gasteiger partial charge in [-0.2, -0.15) is 0 Å². The highest BCUT2D eigenvalue weighted by molar-refractivity contribution is 7.89. The van der Waals surface area contributed by atoms with Gasteiger partial charge in [0.2, 0.25) is 10.0 Å². The van der Waals surface area contributed by atoms with Gasteiger partial charge in [-0.15, -0.1) is 0 Å². The SMILES string of the molecule is Cc1cc(S(=O)(=O)NCC2(CO)CC2)cc(C(=O)O)c1F. The van der Waals surface area contributed by atoms with Crippen molar-refractivity contribution in [1.29, 1.82) is 0 Å². The minimum absolute atomic E-state index is 0.0569. The Bertz CT molecular complexity index is 682. The molecule has 0 bridgehead atoms. The van der Waals surface area contributed by atoms with E-state index in [0.717, 1.165) is 25.0 Å². The second kappa shape index (κ2) is 5.36. The first-order chi connectivity index (χ1) is 9.71. The summed E-state index contributed by atoms with van der Waals surface area (Å²) in [7, 11) is -3.95. The second-order valence-corrected chi connectivity index (χ2v) is 7.16. The van der Waals surface area contributed by atoms with Crippen LogP contribution in [0, 0.1) is 18.2 Å². The van der Waals surface area contributed by atoms with Crippen LogP contribution in [0.1, 0.15) is 28.8 Å². The van der Waals surface area contributed by atoms with Crippen LogP contribution in [-0.2, 0) is 10.0 Å². The van der Waals surface area contributed by atoms with E-state index in [9.17, 15) is 17.6 Å². The minimum atomic E-state index is -3.95. The molecule has 6 nitrogen and oxygen atoms in total. The van der Waals surface area contributed by atoms with Crippen molar-refractivity contribution in [3.8, 4) is 0 Å². The van der Waals surface area contributed by atoms with E-state index in [1.54, 1.807) is 0 Å². The number of aryl methyl sites for hydroxylation is 1. The van der Waals surface area contributed by atoms with Crippen molar-refractivity contribution in [1.82, 2.24) is 4.72 Å². The maximum atomic E-state index is 13.6. The fourth-order valence-electron chi connectivity index (χ4n) is 1.95. The molecule has 0 spiro atoms. The predicted molar refractivity (Wildman–Crippen MR) is 72.0 cm³/mol. The number of carboxylic acid groups (broad SMARTS) is 1. The average Bonchev–Trinajstić information content (AvgIpc) is 3.20. The number of carbonyl (C=O) groups is 1. The van der Waals surface area contributed by atoms with Gasteiger partial charge in [0, 0.05) is 18.6 Å². The summed E-state index contributed by atoms with van der Waals surface area (Å²) >= 11 is 0. The van der Waals surface area contributed by atoms with Crippen LogP contribution < -0.4 is 4.72 Å². The van der Waals surface area contributed by atoms with Crippen LogP contribution in [0.5, 0.6) is 0 Å². The van der Waals surface area contributed by atoms with Gasteiger partial charge in [-0.25, -0.2) is 22.3 Å². The summed E-state index contributed by atoms with van der Waals surface area (Å²) < 4.78 is 40.3. The molecule has 1 saturated carbocycles. The van der Waals surface area contributed by atoms with E-state index < -0.39 is 32.8 Å². The number of benzene rings is 1. The van der Waals surface area contributed by atoms with Gasteiger partial charge >= 0.3 is 5.97 Å². The molecule has 0 aromatic heterocycles. The van der Waals surface area contributed by atoms with Crippen molar-refractivity contribution in [2.45, 2.75) is 24.7 Å². The second-order valence-electron chi connectivity index (χ2n) is 5.39. The highest BCUT2D eigenvalue weighted by Gasteiger charge is 2.42. The molecule has 21 heavy (non-hydrogen) atoms. The molecule has 0 heterocycles. The lowest BCUT2D eigenvalue weighted by atomic mass is 10.1. The Hall–Kier alpha value is -1.51. The van der Waals surface area contributed by atoms with Crippen molar-refractivity contribution in [2.75, 3.05) is 13.2 Å². The number of rotatable bonds is 6. The van der Waals surface area contributed by atoms with Crippen molar-refractivity contribution in [3.05, 3.63) is 29.1 Å². The average molecular weight is 317 g/mol. The standard InChI is InChI=1S/C13H16FNO5S/c1-8-4-9(5-10(11(8)14)12(17)18)21(19,20)15-6-13(7-16)2-3-13/h4-5,15-16H,2-3,6-7H2,1H3,(H,17,18). The fourth-order valence-corrected chi connectivity index (χ4v) is 3.21. The number of aromatic carboxylic acids is 1. The maximum absolute atomic E-state index is 13.6. The minimum Gasteiger partial charge on any atom is -0.478 e. The van der Waals surface area contributed by atoms with E-state index >= 15 is 0 Å². The molecule has 1 fully saturated rings. The third-order valence-electron chi connectivity index (χ3n) is 3.70. The number of halogens is 1. The molecule has 0 aliphatic heterocycles. The zero-order valence-electron chi connectivity index (χ0n) is 11.4. The number of aliphatic hydroxyl groups excluding tert-OH is 1. The van der Waals surface area contributed by atoms with Crippen molar-refractivity contribution >= 4 is 16.0 Å². The van der Waals surface area contributed by atoms with Gasteiger partial charge in [0.05, 0.1) is 10.5 Å². The lowest BCUT2D eigenvalue weighted by Crippen LogP contribution is -2.32. The summed E-state index contributed by atoms with van der Waals surface area (Å²) in [5, 5.41) is 18.1. The third-order valence-corrected chi connectivity index (χ3v) is 5.08. The first-order valence-corrected chi connectivity index (χ1v) is 7.83. The van der Waals surface area contributed by atoms with Gasteiger partial charge in [0.25, 0.3) is 0 Å². The number of hydrogen-bond acceptors (Lipinski definition) is 4. The molecule has 0 saturated heterocycles. The maximum Gasteiger partial charge on any atom is 0.338 e. The highest BCUT2D eigenvalue weighted by Crippen LogP contribution is 2.44. The Morgan fingerprint density at radius 3 is 2.52 bits per heavy atom. The molecule has 116 valence electrons. The summed E-state index contributed by atoms with van der Waals surface area (Å²) in [5.41, 5.74) is -1.16. The number of aliphatic hydroxyl groups is 1. The van der Waals surface area contributed by atoms with Crippen LogP contribution in [0.4, 0.5) is 4.39 Å². The smallest absolute Gasteiger partial charge is 0.338 e. The molecule has 1 aromatic carbocycles. The Kier molecular flexibility index (Phi) is 4.05. The predicted octanol–water partition coefficient (Wildman–Crippen LogP) is 0.883. The topological polar surface area (TPSA) is 104 Å². The molecule has 3 N–H and O–H groups in total. The highest BCUT2D eigenvalue weighted by atomic mass is 32.2. The number of hydrogen-bond donors (Lipinski definition) is 3. The van der Waals surface area contributed by atoms with Crippen LogP contribution in [0.3, 0.4) is 0 Å². The summed E-state index contributed by atoms with van der Waals surface area (Å²) in [5.74, 6) is -2.47. The molecular formula is C13H16FNO5S. The molecule has 8 heteroatoms. The van der Waals surface area contributed by atoms with E-state index in [1.807, 2.05) is 0 Å². The van der Waals surface area contributed by atoms with Crippen LogP contribution >= 0.6 is 0 Å². The molecule has 0 amide bonds. The van der Waals surface area contributed by atoms with Gasteiger partial charge in [-0.3, -0.25) is 0 Å². The van der Waals surface area contributed by atoms with Crippen LogP contribution in [0.25, 0.3) is 0 Å². The van der Waals surface area contributed by atoms with Crippen LogP contribution in [0.15, 0.2) is 17.0 Å². The Morgan fingerprint density at radius 2 is 2.05 bits per heavy atom. The van der Waals surface area contributed by atoms with Crippen LogP contribution in [0.2, 0.25) is 0 Å². The fraction of sp³-hybridized carbons (Fsp3) is 0.462. The van der Waals surface area contributed by atoms with Crippen LogP contribution in [-0.4, -0.2) is 37.8 Å². The zero-order chi connectivity index (χ0) is 15.8. The zero-order valence-corrected chi connectivity index (χ0v) is 12.2. The Labute approximate surface area is 121 Å². The van der Waals surface area contributed by atoms with E-state index in [2.05, 4.69) is 4.72 Å². The van der Waals surface area contributed by atoms with Crippen molar-refractivity contribution in [3.63, 3.8) is 0 Å². The van der Waals surface area contributed by atoms with Gasteiger partial charge in [-0.1, -0.05) is 0 Å². The van der Waals surface area contributed by atoms with Crippen molar-refractivity contribution < 1.29 is 27.8 Å². The Morgan fingerprint density at radius 1 is 1.43 bits per heavy atom. The molecule has 1 aliphatic rings. The van der Waals surface area contributed by atoms with Gasteiger partial charge in [0.15, 0.2) is 0 Å². The van der Waals surface area contributed by atoms with E-state index in [-0.39, 0.29) is 23.6 Å². The third kappa shape index (κ3) is 3.22. The molecule has 1 aromatic rings. The molecular weight excluding hydrogens is 301 g/mol. The normalized spacial score (nSPS) is 16.7. The first kappa shape index (κ1) is 15.9. The molecule has 0 atom stereocenters. The molecule has 1 aliphatic carbocycles. The van der Waals surface area contributed by atoms with Gasteiger partial charge in [-0.05, 0) is 37.5 Å². The molecule has 2 rings (SSSR count). The lowest BCUT2D eigenvalue weighted by molar-refractivity contribution is 0.0691. The summed E-state index contributed by atoms with van der Waals surface area (Å²) in [4.78, 5) is 10.6. The number of carboxylic acids is 1. The molecule has 0 radical (unpaired) electrons. The summed E-state index contributed by atoms with van der Waals surface area (Å²) in [6, 6.07) is 1.88.